The van der Waals surface area contributed by atoms with Crippen LogP contribution in [0.5, 0.6) is 0 Å². The van der Waals surface area contributed by atoms with Crippen molar-refractivity contribution in [2.45, 2.75) is 25.8 Å². The largest absolute Gasteiger partial charge is 0.461 e. The van der Waals surface area contributed by atoms with Gasteiger partial charge in [0.25, 0.3) is 11.5 Å². The first-order valence-corrected chi connectivity index (χ1v) is 15.0. The number of piperidine rings is 1. The number of esters is 1. The standard InChI is InChI=1S/C22H35N3O3.C7H8ClN3O2.CH4O/c1-23(11-12-24-9-3-2-4-10-24)19-20-5-7-21(8-6-20)22(26)28-18-15-25-13-16-27-17-14-25;1-10-6(12)3-2-4(8)5(9)11-7(3)13;1-2/h5-8H,2-4,9-19H2,1H3;2H,1H3,(H,10,12)(H3,9,11,13);2H,1H3. The Hall–Kier alpha value is -3.00. The van der Waals surface area contributed by atoms with Gasteiger partial charge in [0.2, 0.25) is 0 Å². The molecule has 2 saturated heterocycles. The molecule has 240 valence electrons. The van der Waals surface area contributed by atoms with E-state index in [1.54, 1.807) is 0 Å². The summed E-state index contributed by atoms with van der Waals surface area (Å²) in [6, 6.07) is 9.07. The van der Waals surface area contributed by atoms with Gasteiger partial charge in [-0.15, -0.1) is 0 Å². The molecule has 4 rings (SSSR count). The highest BCUT2D eigenvalue weighted by Crippen LogP contribution is 2.14. The van der Waals surface area contributed by atoms with Crippen LogP contribution >= 0.6 is 11.6 Å². The summed E-state index contributed by atoms with van der Waals surface area (Å²) in [6.45, 7) is 10.2. The Bertz CT molecular complexity index is 1170. The molecule has 1 aromatic heterocycles. The number of benzene rings is 1. The van der Waals surface area contributed by atoms with E-state index in [0.29, 0.717) is 12.2 Å². The molecular weight excluding hydrogens is 576 g/mol. The van der Waals surface area contributed by atoms with Crippen LogP contribution in [0.4, 0.5) is 5.82 Å². The van der Waals surface area contributed by atoms with Gasteiger partial charge in [0.1, 0.15) is 18.0 Å². The molecule has 0 unspecified atom stereocenters. The molecule has 0 bridgehead atoms. The van der Waals surface area contributed by atoms with E-state index in [1.807, 2.05) is 24.3 Å². The highest BCUT2D eigenvalue weighted by molar-refractivity contribution is 6.33. The lowest BCUT2D eigenvalue weighted by molar-refractivity contribution is 0.0195. The first kappa shape index (κ1) is 36.2. The van der Waals surface area contributed by atoms with Gasteiger partial charge in [-0.3, -0.25) is 14.5 Å². The molecule has 2 fully saturated rings. The average Bonchev–Trinajstić information content (AvgIpc) is 3.04. The number of likely N-dealkylation sites (tertiary alicyclic amines) is 1. The van der Waals surface area contributed by atoms with E-state index in [-0.39, 0.29) is 22.4 Å². The molecule has 5 N–H and O–H groups in total. The molecule has 2 aliphatic heterocycles. The fourth-order valence-electron chi connectivity index (χ4n) is 4.63. The number of carbonyl (C=O) groups is 2. The van der Waals surface area contributed by atoms with Gasteiger partial charge in [-0.1, -0.05) is 30.2 Å². The van der Waals surface area contributed by atoms with Crippen LogP contribution in [0.3, 0.4) is 0 Å². The molecule has 12 nitrogen and oxygen atoms in total. The molecule has 3 heterocycles. The number of aromatic amines is 1. The molecule has 0 spiro atoms. The van der Waals surface area contributed by atoms with Crippen molar-refractivity contribution < 1.29 is 24.2 Å². The van der Waals surface area contributed by atoms with Gasteiger partial charge in [0.15, 0.2) is 0 Å². The van der Waals surface area contributed by atoms with Gasteiger partial charge in [0, 0.05) is 53.4 Å². The van der Waals surface area contributed by atoms with Crippen molar-refractivity contribution in [3.63, 3.8) is 0 Å². The Morgan fingerprint density at radius 3 is 2.33 bits per heavy atom. The van der Waals surface area contributed by atoms with Crippen molar-refractivity contribution in [2.24, 2.45) is 0 Å². The maximum Gasteiger partial charge on any atom is 0.338 e. The number of aliphatic hydroxyl groups is 1. The highest BCUT2D eigenvalue weighted by atomic mass is 35.5. The summed E-state index contributed by atoms with van der Waals surface area (Å²) in [4.78, 5) is 43.9. The zero-order chi connectivity index (χ0) is 31.6. The van der Waals surface area contributed by atoms with E-state index >= 15 is 0 Å². The number of ether oxygens (including phenoxy) is 2. The smallest absolute Gasteiger partial charge is 0.338 e. The summed E-state index contributed by atoms with van der Waals surface area (Å²) in [7, 11) is 4.59. The zero-order valence-corrected chi connectivity index (χ0v) is 26.3. The number of anilines is 1. The van der Waals surface area contributed by atoms with Crippen LogP contribution in [0.2, 0.25) is 5.02 Å². The number of H-pyrrole nitrogens is 1. The second kappa shape index (κ2) is 20.0. The Kier molecular flexibility index (Phi) is 16.9. The van der Waals surface area contributed by atoms with Crippen molar-refractivity contribution in [3.8, 4) is 0 Å². The summed E-state index contributed by atoms with van der Waals surface area (Å²) >= 11 is 5.61. The fourth-order valence-corrected chi connectivity index (χ4v) is 4.79. The number of hydrogen-bond donors (Lipinski definition) is 4. The predicted octanol–water partition coefficient (Wildman–Crippen LogP) is 1.67. The van der Waals surface area contributed by atoms with Crippen LogP contribution in [-0.4, -0.2) is 124 Å². The highest BCUT2D eigenvalue weighted by Gasteiger charge is 2.14. The van der Waals surface area contributed by atoms with Crippen LogP contribution in [0.15, 0.2) is 35.1 Å². The van der Waals surface area contributed by atoms with Crippen LogP contribution < -0.4 is 16.6 Å². The molecule has 43 heavy (non-hydrogen) atoms. The number of amides is 1. The van der Waals surface area contributed by atoms with Crippen molar-refractivity contribution in [1.29, 1.82) is 0 Å². The van der Waals surface area contributed by atoms with E-state index in [0.717, 1.165) is 59.6 Å². The van der Waals surface area contributed by atoms with E-state index in [1.165, 1.54) is 51.0 Å². The lowest BCUT2D eigenvalue weighted by atomic mass is 10.1. The predicted molar refractivity (Wildman–Crippen MR) is 169 cm³/mol. The number of aliphatic hydroxyl groups excluding tert-OH is 1. The van der Waals surface area contributed by atoms with E-state index < -0.39 is 11.5 Å². The average molecular weight is 623 g/mol. The zero-order valence-electron chi connectivity index (χ0n) is 25.6. The summed E-state index contributed by atoms with van der Waals surface area (Å²) in [5.74, 6) is -0.680. The third kappa shape index (κ3) is 13.0. The van der Waals surface area contributed by atoms with Gasteiger partial charge < -0.3 is 40.4 Å². The first-order valence-electron chi connectivity index (χ1n) is 14.6. The Balaban J connectivity index is 0.000000360. The van der Waals surface area contributed by atoms with Gasteiger partial charge in [0.05, 0.1) is 23.8 Å². The van der Waals surface area contributed by atoms with Crippen LogP contribution in [-0.2, 0) is 16.0 Å². The number of pyridine rings is 1. The number of rotatable bonds is 10. The third-order valence-corrected chi connectivity index (χ3v) is 7.44. The number of morpholine rings is 1. The van der Waals surface area contributed by atoms with Crippen molar-refractivity contribution in [3.05, 3.63) is 62.4 Å². The normalized spacial score (nSPS) is 15.5. The Morgan fingerprint density at radius 1 is 1.07 bits per heavy atom. The fraction of sp³-hybridized carbons (Fsp3) is 0.567. The van der Waals surface area contributed by atoms with Crippen molar-refractivity contribution in [1.82, 2.24) is 25.0 Å². The summed E-state index contributed by atoms with van der Waals surface area (Å²) in [6.07, 6.45) is 4.07. The molecule has 0 aliphatic carbocycles. The lowest BCUT2D eigenvalue weighted by Gasteiger charge is -2.28. The molecule has 0 atom stereocenters. The van der Waals surface area contributed by atoms with E-state index in [2.05, 4.69) is 32.0 Å². The number of halogens is 1. The molecule has 1 amide bonds. The molecule has 2 aromatic rings. The number of nitrogen functional groups attached to an aromatic ring is 1. The summed E-state index contributed by atoms with van der Waals surface area (Å²) in [5, 5.41) is 9.46. The first-order chi connectivity index (χ1) is 20.8. The Labute approximate surface area is 259 Å². The van der Waals surface area contributed by atoms with Crippen molar-refractivity contribution in [2.75, 3.05) is 92.6 Å². The minimum absolute atomic E-state index is 0.0540. The second-order valence-electron chi connectivity index (χ2n) is 10.3. The minimum Gasteiger partial charge on any atom is -0.461 e. The SMILES string of the molecule is CN(CCN1CCCCC1)Cc1ccc(C(=O)OCCN2CCOCC2)cc1.CNC(=O)c1cc(Cl)c(N)[nH]c1=O.CO. The van der Waals surface area contributed by atoms with Gasteiger partial charge >= 0.3 is 5.97 Å². The van der Waals surface area contributed by atoms with Gasteiger partial charge in [-0.25, -0.2) is 4.79 Å². The molecule has 2 aliphatic rings. The summed E-state index contributed by atoms with van der Waals surface area (Å²) < 4.78 is 10.7. The van der Waals surface area contributed by atoms with Crippen molar-refractivity contribution >= 4 is 29.3 Å². The van der Waals surface area contributed by atoms with Crippen LogP contribution in [0.1, 0.15) is 45.5 Å². The van der Waals surface area contributed by atoms with Crippen LogP contribution in [0.25, 0.3) is 0 Å². The number of nitrogens with zero attached hydrogens (tertiary/aromatic N) is 3. The number of carbonyl (C=O) groups excluding carboxylic acids is 2. The minimum atomic E-state index is -0.554. The maximum absolute atomic E-state index is 12.2. The quantitative estimate of drug-likeness (QED) is 0.288. The number of nitrogens with one attached hydrogen (secondary N) is 2. The topological polar surface area (TPSA) is 153 Å². The molecule has 0 radical (unpaired) electrons. The monoisotopic (exact) mass is 622 g/mol. The van der Waals surface area contributed by atoms with E-state index in [4.69, 9.17) is 31.9 Å². The lowest BCUT2D eigenvalue weighted by Crippen LogP contribution is -2.38. The molecule has 0 saturated carbocycles. The molecular formula is C30H47ClN6O6. The Morgan fingerprint density at radius 2 is 1.70 bits per heavy atom. The number of nitrogens with two attached hydrogens (primary N) is 1. The number of likely N-dealkylation sites (N-methyl/N-ethyl adjacent to an activating group) is 1. The number of hydrogen-bond acceptors (Lipinski definition) is 10. The number of aromatic nitrogens is 1. The third-order valence-electron chi connectivity index (χ3n) is 7.13. The molecule has 1 aromatic carbocycles. The van der Waals surface area contributed by atoms with E-state index in [9.17, 15) is 14.4 Å². The maximum atomic E-state index is 12.2. The van der Waals surface area contributed by atoms with Gasteiger partial charge in [-0.05, 0) is 56.7 Å². The second-order valence-corrected chi connectivity index (χ2v) is 10.7. The van der Waals surface area contributed by atoms with Gasteiger partial charge in [-0.2, -0.15) is 0 Å². The summed E-state index contributed by atoms with van der Waals surface area (Å²) in [5.41, 5.74) is 6.56. The van der Waals surface area contributed by atoms with Crippen LogP contribution in [0, 0.1) is 0 Å². The molecule has 13 heteroatoms.